The van der Waals surface area contributed by atoms with E-state index in [0.29, 0.717) is 15.8 Å². The first kappa shape index (κ1) is 20.0. The summed E-state index contributed by atoms with van der Waals surface area (Å²) in [6.45, 7) is 4.59. The minimum Gasteiger partial charge on any atom is -0.485 e. The zero-order valence-electron chi connectivity index (χ0n) is 15.3. The summed E-state index contributed by atoms with van der Waals surface area (Å²) in [7, 11) is 0. The molecule has 1 amide bonds. The molecule has 0 aliphatic carbocycles. The number of hydrogen-bond donors (Lipinski definition) is 2. The van der Waals surface area contributed by atoms with Gasteiger partial charge in [0.1, 0.15) is 23.1 Å². The number of nitro groups is 1. The fraction of sp³-hybridized carbons (Fsp3) is 0.333. The van der Waals surface area contributed by atoms with Crippen molar-refractivity contribution in [2.75, 3.05) is 5.32 Å². The highest BCUT2D eigenvalue weighted by Gasteiger charge is 2.45. The van der Waals surface area contributed by atoms with E-state index < -0.39 is 34.1 Å². The molecule has 2 atom stereocenters. The van der Waals surface area contributed by atoms with E-state index in [0.717, 1.165) is 0 Å². The van der Waals surface area contributed by atoms with Gasteiger partial charge in [0.2, 0.25) is 5.91 Å². The van der Waals surface area contributed by atoms with E-state index in [1.807, 2.05) is 0 Å². The van der Waals surface area contributed by atoms with Gasteiger partial charge in [-0.15, -0.1) is 0 Å². The molecule has 0 spiro atoms. The Labute approximate surface area is 168 Å². The van der Waals surface area contributed by atoms with Gasteiger partial charge in [0.25, 0.3) is 11.2 Å². The Morgan fingerprint density at radius 1 is 1.39 bits per heavy atom. The molecule has 0 radical (unpaired) electrons. The second-order valence-electron chi connectivity index (χ2n) is 7.04. The van der Waals surface area contributed by atoms with Crippen molar-refractivity contribution in [3.8, 4) is 5.75 Å². The number of nitrogens with one attached hydrogen (secondary N) is 1. The lowest BCUT2D eigenvalue weighted by atomic mass is 9.86. The SMILES string of the molecule is CC(=O)Nc1cc(Br)cn(C2c3cc([N+](=O)[O-])ccc3OC(C)(C)C2O)c1=O. The van der Waals surface area contributed by atoms with Crippen LogP contribution >= 0.6 is 15.9 Å². The number of amides is 1. The molecule has 1 aromatic heterocycles. The Kier molecular flexibility index (Phi) is 5.02. The Hall–Kier alpha value is -2.72. The fourth-order valence-corrected chi connectivity index (χ4v) is 3.67. The molecule has 3 rings (SSSR count). The zero-order valence-corrected chi connectivity index (χ0v) is 16.9. The third-order valence-corrected chi connectivity index (χ3v) is 4.96. The number of ether oxygens (including phenoxy) is 1. The first-order valence-corrected chi connectivity index (χ1v) is 9.15. The normalized spacial score (nSPS) is 20.0. The topological polar surface area (TPSA) is 124 Å². The third kappa shape index (κ3) is 3.52. The van der Waals surface area contributed by atoms with E-state index in [4.69, 9.17) is 4.74 Å². The number of nitrogens with zero attached hydrogens (tertiary/aromatic N) is 2. The minimum absolute atomic E-state index is 0.0188. The Morgan fingerprint density at radius 3 is 2.68 bits per heavy atom. The molecule has 1 aromatic carbocycles. The van der Waals surface area contributed by atoms with Crippen molar-refractivity contribution in [1.29, 1.82) is 0 Å². The molecule has 10 heteroatoms. The second-order valence-corrected chi connectivity index (χ2v) is 7.96. The number of aromatic nitrogens is 1. The summed E-state index contributed by atoms with van der Waals surface area (Å²) in [6.07, 6.45) is 0.269. The molecule has 0 fully saturated rings. The lowest BCUT2D eigenvalue weighted by Crippen LogP contribution is -2.52. The molecule has 0 saturated carbocycles. The molecule has 2 N–H and O–H groups in total. The van der Waals surface area contributed by atoms with Crippen molar-refractivity contribution in [3.63, 3.8) is 0 Å². The number of carbonyl (C=O) groups is 1. The van der Waals surface area contributed by atoms with Crippen LogP contribution in [0, 0.1) is 10.1 Å². The molecule has 9 nitrogen and oxygen atoms in total. The quantitative estimate of drug-likeness (QED) is 0.545. The average molecular weight is 452 g/mol. The number of pyridine rings is 1. The lowest BCUT2D eigenvalue weighted by Gasteiger charge is -2.42. The summed E-state index contributed by atoms with van der Waals surface area (Å²) in [5, 5.41) is 24.6. The lowest BCUT2D eigenvalue weighted by molar-refractivity contribution is -0.385. The van der Waals surface area contributed by atoms with Gasteiger partial charge in [-0.25, -0.2) is 0 Å². The van der Waals surface area contributed by atoms with Crippen LogP contribution in [0.25, 0.3) is 0 Å². The summed E-state index contributed by atoms with van der Waals surface area (Å²) >= 11 is 3.30. The van der Waals surface area contributed by atoms with E-state index in [1.54, 1.807) is 13.8 Å². The predicted octanol–water partition coefficient (Wildman–Crippen LogP) is 2.60. The predicted molar refractivity (Wildman–Crippen MR) is 105 cm³/mol. The van der Waals surface area contributed by atoms with Crippen molar-refractivity contribution >= 4 is 33.2 Å². The van der Waals surface area contributed by atoms with E-state index in [-0.39, 0.29) is 11.4 Å². The van der Waals surface area contributed by atoms with Gasteiger partial charge >= 0.3 is 0 Å². The van der Waals surface area contributed by atoms with E-state index in [9.17, 15) is 24.8 Å². The number of halogens is 1. The van der Waals surface area contributed by atoms with Gasteiger partial charge in [-0.1, -0.05) is 0 Å². The molecule has 28 heavy (non-hydrogen) atoms. The Bertz CT molecular complexity index is 1030. The number of aliphatic hydroxyl groups excluding tert-OH is 1. The van der Waals surface area contributed by atoms with Crippen LogP contribution in [0.15, 0.2) is 39.7 Å². The standard InChI is InChI=1S/C18H18BrN3O6/c1-9(23)20-13-6-10(19)8-21(17(13)25)15-12-7-11(22(26)27)4-5-14(12)28-18(2,3)16(15)24/h4-8,15-16,24H,1-3H3,(H,20,23). The van der Waals surface area contributed by atoms with Crippen molar-refractivity contribution in [2.24, 2.45) is 0 Å². The summed E-state index contributed by atoms with van der Waals surface area (Å²) in [6, 6.07) is 4.52. The van der Waals surface area contributed by atoms with Crippen LogP contribution in [0.1, 0.15) is 32.4 Å². The molecule has 1 aliphatic rings. The van der Waals surface area contributed by atoms with Gasteiger partial charge in [0.05, 0.1) is 11.0 Å². The number of fused-ring (bicyclic) bond motifs is 1. The Morgan fingerprint density at radius 2 is 2.07 bits per heavy atom. The smallest absolute Gasteiger partial charge is 0.275 e. The van der Waals surface area contributed by atoms with E-state index in [1.165, 1.54) is 42.0 Å². The van der Waals surface area contributed by atoms with Crippen LogP contribution in [0.2, 0.25) is 0 Å². The summed E-state index contributed by atoms with van der Waals surface area (Å²) in [4.78, 5) is 35.1. The third-order valence-electron chi connectivity index (χ3n) is 4.53. The first-order chi connectivity index (χ1) is 13.0. The van der Waals surface area contributed by atoms with Gasteiger partial charge in [-0.3, -0.25) is 19.7 Å². The summed E-state index contributed by atoms with van der Waals surface area (Å²) < 4.78 is 7.54. The maximum atomic E-state index is 13.0. The molecule has 148 valence electrons. The molecule has 0 bridgehead atoms. The van der Waals surface area contributed by atoms with Crippen molar-refractivity contribution < 1.29 is 19.6 Å². The molecule has 2 unspecified atom stereocenters. The number of anilines is 1. The maximum absolute atomic E-state index is 13.0. The van der Waals surface area contributed by atoms with Crippen LogP contribution in [0.4, 0.5) is 11.4 Å². The number of benzene rings is 1. The number of hydrogen-bond acceptors (Lipinski definition) is 6. The highest BCUT2D eigenvalue weighted by molar-refractivity contribution is 9.10. The van der Waals surface area contributed by atoms with Crippen LogP contribution in [0.5, 0.6) is 5.75 Å². The zero-order chi connectivity index (χ0) is 20.8. The highest BCUT2D eigenvalue weighted by atomic mass is 79.9. The first-order valence-electron chi connectivity index (χ1n) is 8.36. The van der Waals surface area contributed by atoms with Crippen LogP contribution in [-0.2, 0) is 4.79 Å². The molecular weight excluding hydrogens is 434 g/mol. The number of aliphatic hydroxyl groups is 1. The molecule has 0 saturated heterocycles. The average Bonchev–Trinajstić information content (AvgIpc) is 2.58. The van der Waals surface area contributed by atoms with Crippen LogP contribution in [-0.4, -0.2) is 32.2 Å². The van der Waals surface area contributed by atoms with Crippen molar-refractivity contribution in [1.82, 2.24) is 4.57 Å². The van der Waals surface area contributed by atoms with Gasteiger partial charge in [0, 0.05) is 35.3 Å². The van der Waals surface area contributed by atoms with E-state index >= 15 is 0 Å². The molecular formula is C18H18BrN3O6. The summed E-state index contributed by atoms with van der Waals surface area (Å²) in [5.41, 5.74) is -1.49. The number of rotatable bonds is 3. The monoisotopic (exact) mass is 451 g/mol. The number of nitro benzene ring substituents is 1. The van der Waals surface area contributed by atoms with Crippen LogP contribution < -0.4 is 15.6 Å². The van der Waals surface area contributed by atoms with Gasteiger partial charge in [-0.2, -0.15) is 0 Å². The van der Waals surface area contributed by atoms with Crippen molar-refractivity contribution in [2.45, 2.75) is 38.5 Å². The molecule has 2 aromatic rings. The second kappa shape index (κ2) is 7.02. The number of non-ortho nitro benzene ring substituents is 1. The van der Waals surface area contributed by atoms with Crippen molar-refractivity contribution in [3.05, 3.63) is 61.0 Å². The minimum atomic E-state index is -1.20. The highest BCUT2D eigenvalue weighted by Crippen LogP contribution is 2.43. The summed E-state index contributed by atoms with van der Waals surface area (Å²) in [5.74, 6) is -0.0931. The van der Waals surface area contributed by atoms with E-state index in [2.05, 4.69) is 21.2 Å². The molecule has 2 heterocycles. The van der Waals surface area contributed by atoms with Crippen LogP contribution in [0.3, 0.4) is 0 Å². The fourth-order valence-electron chi connectivity index (χ4n) is 3.22. The van der Waals surface area contributed by atoms with Gasteiger partial charge in [-0.05, 0) is 41.9 Å². The Balaban J connectivity index is 2.27. The largest absolute Gasteiger partial charge is 0.485 e. The van der Waals surface area contributed by atoms with Gasteiger partial charge in [0.15, 0.2) is 0 Å². The molecule has 1 aliphatic heterocycles. The number of carbonyl (C=O) groups excluding carboxylic acids is 1. The van der Waals surface area contributed by atoms with Gasteiger partial charge < -0.3 is 19.7 Å². The maximum Gasteiger partial charge on any atom is 0.275 e.